The number of aryl methyl sites for hydroxylation is 2. The summed E-state index contributed by atoms with van der Waals surface area (Å²) in [5, 5.41) is 9.66. The Balaban J connectivity index is 2.65. The third kappa shape index (κ3) is 1.73. The normalized spacial score (nSPS) is 16.5. The van der Waals surface area contributed by atoms with E-state index in [0.29, 0.717) is 6.29 Å². The molecule has 1 aliphatic rings. The lowest BCUT2D eigenvalue weighted by atomic mass is 10.1. The van der Waals surface area contributed by atoms with Crippen LogP contribution in [0.15, 0.2) is 27.6 Å². The Morgan fingerprint density at radius 2 is 2.06 bits per heavy atom. The molecular formula is C13H12N2OS. The number of rotatable bonds is 1. The molecule has 3 nitrogen and oxygen atoms in total. The fourth-order valence-electron chi connectivity index (χ4n) is 1.94. The predicted octanol–water partition coefficient (Wildman–Crippen LogP) is 2.78. The van der Waals surface area contributed by atoms with Gasteiger partial charge in [-0.3, -0.25) is 4.79 Å². The van der Waals surface area contributed by atoms with E-state index < -0.39 is 0 Å². The van der Waals surface area contributed by atoms with Crippen molar-refractivity contribution in [2.75, 3.05) is 11.9 Å². The number of hydrogen-bond donors (Lipinski definition) is 0. The molecule has 17 heavy (non-hydrogen) atoms. The first-order valence-corrected chi connectivity index (χ1v) is 6.03. The van der Waals surface area contributed by atoms with Crippen molar-refractivity contribution in [3.8, 4) is 6.07 Å². The molecule has 0 amide bonds. The second-order valence-corrected chi connectivity index (χ2v) is 4.99. The summed E-state index contributed by atoms with van der Waals surface area (Å²) in [7, 11) is 1.89. The molecule has 4 heteroatoms. The lowest BCUT2D eigenvalue weighted by Gasteiger charge is -2.16. The lowest BCUT2D eigenvalue weighted by molar-refractivity contribution is -0.104. The Bertz CT molecular complexity index is 570. The zero-order valence-corrected chi connectivity index (χ0v) is 10.8. The van der Waals surface area contributed by atoms with Crippen LogP contribution >= 0.6 is 11.8 Å². The smallest absolute Gasteiger partial charge is 0.163 e. The summed E-state index contributed by atoms with van der Waals surface area (Å²) in [5.41, 5.74) is 3.60. The van der Waals surface area contributed by atoms with E-state index in [2.05, 4.69) is 12.1 Å². The van der Waals surface area contributed by atoms with Gasteiger partial charge in [-0.2, -0.15) is 5.26 Å². The van der Waals surface area contributed by atoms with E-state index in [0.717, 1.165) is 21.2 Å². The molecule has 0 aromatic heterocycles. The molecule has 0 atom stereocenters. The summed E-state index contributed by atoms with van der Waals surface area (Å²) in [6.45, 7) is 4.07. The molecule has 1 aromatic carbocycles. The summed E-state index contributed by atoms with van der Waals surface area (Å²) in [6, 6.07) is 6.06. The lowest BCUT2D eigenvalue weighted by Crippen LogP contribution is -2.13. The number of benzene rings is 1. The minimum atomic E-state index is 0.188. The maximum Gasteiger partial charge on any atom is 0.163 e. The first-order chi connectivity index (χ1) is 8.10. The molecule has 86 valence electrons. The van der Waals surface area contributed by atoms with Crippen molar-refractivity contribution in [3.05, 3.63) is 33.9 Å². The number of carbonyl (C=O) groups excluding carboxylic acids is 1. The third-order valence-electron chi connectivity index (χ3n) is 2.84. The number of nitrogens with zero attached hydrogens (tertiary/aromatic N) is 2. The first-order valence-electron chi connectivity index (χ1n) is 5.21. The van der Waals surface area contributed by atoms with Gasteiger partial charge in [0.2, 0.25) is 0 Å². The van der Waals surface area contributed by atoms with Gasteiger partial charge in [0.15, 0.2) is 6.29 Å². The number of hydrogen-bond acceptors (Lipinski definition) is 4. The molecule has 0 bridgehead atoms. The predicted molar refractivity (Wildman–Crippen MR) is 68.9 cm³/mol. The maximum atomic E-state index is 10.9. The number of nitriles is 1. The zero-order chi connectivity index (χ0) is 12.6. The van der Waals surface area contributed by atoms with E-state index >= 15 is 0 Å². The Hall–Kier alpha value is -1.73. The van der Waals surface area contributed by atoms with Crippen LogP contribution < -0.4 is 4.90 Å². The highest BCUT2D eigenvalue weighted by atomic mass is 32.2. The zero-order valence-electron chi connectivity index (χ0n) is 9.94. The Labute approximate surface area is 105 Å². The average molecular weight is 244 g/mol. The van der Waals surface area contributed by atoms with Crippen molar-refractivity contribution in [1.29, 1.82) is 5.26 Å². The van der Waals surface area contributed by atoms with Crippen LogP contribution in [0.3, 0.4) is 0 Å². The summed E-state index contributed by atoms with van der Waals surface area (Å²) in [5.74, 6) is 0. The highest BCUT2D eigenvalue weighted by Gasteiger charge is 2.27. The molecule has 0 unspecified atom stereocenters. The first kappa shape index (κ1) is 11.7. The number of allylic oxidation sites excluding steroid dienone is 1. The van der Waals surface area contributed by atoms with Crippen LogP contribution in [0.1, 0.15) is 11.1 Å². The van der Waals surface area contributed by atoms with Gasteiger partial charge >= 0.3 is 0 Å². The highest BCUT2D eigenvalue weighted by Crippen LogP contribution is 2.49. The van der Waals surface area contributed by atoms with E-state index in [1.165, 1.54) is 17.3 Å². The fourth-order valence-corrected chi connectivity index (χ4v) is 3.19. The van der Waals surface area contributed by atoms with Crippen molar-refractivity contribution >= 4 is 23.7 Å². The van der Waals surface area contributed by atoms with Crippen molar-refractivity contribution in [1.82, 2.24) is 0 Å². The van der Waals surface area contributed by atoms with Crippen molar-refractivity contribution in [3.63, 3.8) is 0 Å². The molecule has 0 saturated carbocycles. The van der Waals surface area contributed by atoms with Gasteiger partial charge in [0.25, 0.3) is 0 Å². The molecule has 0 N–H and O–H groups in total. The standard InChI is InChI=1S/C13H12N2OS/c1-8-4-5-9(2)12-11(8)15(3)13(17-12)10(6-14)7-16/h4-5,7H,1-3H3/b13-10-. The van der Waals surface area contributed by atoms with Crippen LogP contribution in [0.4, 0.5) is 5.69 Å². The van der Waals surface area contributed by atoms with Crippen LogP contribution in [-0.2, 0) is 4.79 Å². The van der Waals surface area contributed by atoms with E-state index in [1.54, 1.807) is 0 Å². The van der Waals surface area contributed by atoms with Crippen LogP contribution in [0.5, 0.6) is 0 Å². The summed E-state index contributed by atoms with van der Waals surface area (Å²) in [6.07, 6.45) is 0.620. The quantitative estimate of drug-likeness (QED) is 0.433. The molecule has 0 radical (unpaired) electrons. The molecule has 0 aliphatic carbocycles. The van der Waals surface area contributed by atoms with Crippen molar-refractivity contribution in [2.24, 2.45) is 0 Å². The molecule has 0 saturated heterocycles. The minimum absolute atomic E-state index is 0.188. The van der Waals surface area contributed by atoms with Crippen LogP contribution in [0.25, 0.3) is 0 Å². The van der Waals surface area contributed by atoms with E-state index in [4.69, 9.17) is 5.26 Å². The van der Waals surface area contributed by atoms with Gasteiger partial charge in [-0.25, -0.2) is 0 Å². The number of anilines is 1. The van der Waals surface area contributed by atoms with Crippen LogP contribution in [-0.4, -0.2) is 13.3 Å². The van der Waals surface area contributed by atoms with Gasteiger partial charge in [0.05, 0.1) is 5.69 Å². The molecule has 1 heterocycles. The fraction of sp³-hybridized carbons (Fsp3) is 0.231. The molecule has 1 aromatic rings. The average Bonchev–Trinajstić information content (AvgIpc) is 2.66. The number of fused-ring (bicyclic) bond motifs is 1. The van der Waals surface area contributed by atoms with E-state index in [1.807, 2.05) is 31.9 Å². The van der Waals surface area contributed by atoms with E-state index in [-0.39, 0.29) is 5.57 Å². The number of thioether (sulfide) groups is 1. The monoisotopic (exact) mass is 244 g/mol. The molecule has 2 rings (SSSR count). The second-order valence-electron chi connectivity index (χ2n) is 3.99. The van der Waals surface area contributed by atoms with Crippen LogP contribution in [0.2, 0.25) is 0 Å². The van der Waals surface area contributed by atoms with Gasteiger partial charge in [-0.1, -0.05) is 23.9 Å². The highest BCUT2D eigenvalue weighted by molar-refractivity contribution is 8.03. The second kappa shape index (κ2) is 4.27. The summed E-state index contributed by atoms with van der Waals surface area (Å²) in [4.78, 5) is 13.9. The van der Waals surface area contributed by atoms with E-state index in [9.17, 15) is 4.79 Å². The molecule has 1 aliphatic heterocycles. The largest absolute Gasteiger partial charge is 0.337 e. The third-order valence-corrected chi connectivity index (χ3v) is 4.24. The maximum absolute atomic E-state index is 10.9. The summed E-state index contributed by atoms with van der Waals surface area (Å²) >= 11 is 1.49. The van der Waals surface area contributed by atoms with Gasteiger partial charge in [-0.05, 0) is 25.0 Å². The Morgan fingerprint density at radius 1 is 1.41 bits per heavy atom. The molecule has 0 fully saturated rings. The summed E-state index contributed by atoms with van der Waals surface area (Å²) < 4.78 is 0. The number of aldehydes is 1. The number of carbonyl (C=O) groups is 1. The van der Waals surface area contributed by atoms with Gasteiger partial charge in [0, 0.05) is 11.9 Å². The molecular weight excluding hydrogens is 232 g/mol. The topological polar surface area (TPSA) is 44.1 Å². The van der Waals surface area contributed by atoms with Crippen molar-refractivity contribution in [2.45, 2.75) is 18.7 Å². The molecule has 0 spiro atoms. The van der Waals surface area contributed by atoms with Crippen LogP contribution in [0, 0.1) is 25.2 Å². The Kier molecular flexibility index (Phi) is 2.95. The SMILES string of the molecule is Cc1ccc(C)c2c1S/C(=C(/C#N)C=O)N2C. The van der Waals surface area contributed by atoms with Crippen molar-refractivity contribution < 1.29 is 4.79 Å². The van der Waals surface area contributed by atoms with Gasteiger partial charge in [0.1, 0.15) is 16.7 Å². The van der Waals surface area contributed by atoms with Gasteiger partial charge < -0.3 is 4.90 Å². The Morgan fingerprint density at radius 3 is 2.59 bits per heavy atom. The minimum Gasteiger partial charge on any atom is -0.337 e. The van der Waals surface area contributed by atoms with Gasteiger partial charge in [-0.15, -0.1) is 0 Å².